The molecule has 0 aliphatic rings. The van der Waals surface area contributed by atoms with Crippen LogP contribution in [0.2, 0.25) is 0 Å². The summed E-state index contributed by atoms with van der Waals surface area (Å²) >= 11 is 0. The van der Waals surface area contributed by atoms with Crippen LogP contribution in [0.15, 0.2) is 154 Å². The van der Waals surface area contributed by atoms with Crippen LogP contribution in [0, 0.1) is 0 Å². The molecule has 0 saturated heterocycles. The number of rotatable bonds is 5. The third kappa shape index (κ3) is 3.97. The number of para-hydroxylation sites is 2. The SMILES string of the molecule is c1ccc(-c2ccc(N(c3ccccc3)c3c4oc(-c5ccccc5)nc4cc4oc5ccccc5c34)cc2)cc1. The maximum absolute atomic E-state index is 6.63. The van der Waals surface area contributed by atoms with Crippen LogP contribution in [-0.4, -0.2) is 4.98 Å². The van der Waals surface area contributed by atoms with Gasteiger partial charge in [0.25, 0.3) is 0 Å². The molecular weight excluding hydrogens is 504 g/mol. The van der Waals surface area contributed by atoms with Crippen molar-refractivity contribution in [2.24, 2.45) is 0 Å². The Bertz CT molecular complexity index is 2130. The minimum absolute atomic E-state index is 0.575. The fourth-order valence-corrected chi connectivity index (χ4v) is 5.58. The molecule has 0 saturated carbocycles. The quantitative estimate of drug-likeness (QED) is 0.223. The molecule has 6 aromatic carbocycles. The lowest BCUT2D eigenvalue weighted by Gasteiger charge is -2.26. The van der Waals surface area contributed by atoms with Crippen LogP contribution in [-0.2, 0) is 0 Å². The van der Waals surface area contributed by atoms with Crippen LogP contribution >= 0.6 is 0 Å². The molecule has 0 unspecified atom stereocenters. The Morgan fingerprint density at radius 3 is 1.80 bits per heavy atom. The van der Waals surface area contributed by atoms with Crippen molar-refractivity contribution >= 4 is 50.1 Å². The Morgan fingerprint density at radius 2 is 1.07 bits per heavy atom. The standard InChI is InChI=1S/C37H24N2O2/c1-4-12-25(13-5-1)26-20-22-29(23-21-26)39(28-16-8-3-9-17-28)35-34-30-18-10-11-19-32(30)40-33(34)24-31-36(35)41-37(38-31)27-14-6-2-7-15-27/h1-24H. The topological polar surface area (TPSA) is 42.4 Å². The van der Waals surface area contributed by atoms with E-state index in [4.69, 9.17) is 13.8 Å². The van der Waals surface area contributed by atoms with Crippen LogP contribution in [0.1, 0.15) is 0 Å². The number of anilines is 3. The average molecular weight is 529 g/mol. The van der Waals surface area contributed by atoms with Crippen molar-refractivity contribution in [3.8, 4) is 22.6 Å². The first-order chi connectivity index (χ1) is 20.3. The zero-order chi connectivity index (χ0) is 27.2. The van der Waals surface area contributed by atoms with Crippen molar-refractivity contribution in [3.05, 3.63) is 146 Å². The molecular formula is C37H24N2O2. The zero-order valence-corrected chi connectivity index (χ0v) is 22.1. The normalized spacial score (nSPS) is 11.4. The lowest BCUT2D eigenvalue weighted by Crippen LogP contribution is -2.10. The lowest BCUT2D eigenvalue weighted by atomic mass is 10.0. The second-order valence-electron chi connectivity index (χ2n) is 10.0. The molecule has 0 aliphatic carbocycles. The first-order valence-corrected chi connectivity index (χ1v) is 13.6. The van der Waals surface area contributed by atoms with E-state index >= 15 is 0 Å². The highest BCUT2D eigenvalue weighted by Crippen LogP contribution is 2.48. The number of hydrogen-bond donors (Lipinski definition) is 0. The van der Waals surface area contributed by atoms with E-state index in [1.165, 1.54) is 5.56 Å². The molecule has 194 valence electrons. The minimum atomic E-state index is 0.575. The Kier molecular flexibility index (Phi) is 5.42. The molecule has 4 heteroatoms. The predicted octanol–water partition coefficient (Wildman–Crippen LogP) is 10.5. The highest BCUT2D eigenvalue weighted by atomic mass is 16.4. The Balaban J connectivity index is 1.43. The maximum atomic E-state index is 6.63. The summed E-state index contributed by atoms with van der Waals surface area (Å²) < 4.78 is 13.0. The van der Waals surface area contributed by atoms with Crippen LogP contribution < -0.4 is 4.90 Å². The van der Waals surface area contributed by atoms with Gasteiger partial charge in [0.1, 0.15) is 22.4 Å². The Hall–Kier alpha value is -5.61. The number of furan rings is 1. The van der Waals surface area contributed by atoms with Gasteiger partial charge in [0, 0.05) is 28.4 Å². The molecule has 0 N–H and O–H groups in total. The third-order valence-corrected chi connectivity index (χ3v) is 7.49. The molecule has 0 bridgehead atoms. The summed E-state index contributed by atoms with van der Waals surface area (Å²) in [5, 5.41) is 2.01. The van der Waals surface area contributed by atoms with Crippen molar-refractivity contribution in [2.75, 3.05) is 4.90 Å². The highest BCUT2D eigenvalue weighted by Gasteiger charge is 2.26. The van der Waals surface area contributed by atoms with Gasteiger partial charge in [-0.2, -0.15) is 0 Å². The lowest BCUT2D eigenvalue weighted by molar-refractivity contribution is 0.620. The molecule has 0 amide bonds. The van der Waals surface area contributed by atoms with Gasteiger partial charge in [0.2, 0.25) is 5.89 Å². The summed E-state index contributed by atoms with van der Waals surface area (Å²) in [7, 11) is 0. The molecule has 0 aliphatic heterocycles. The summed E-state index contributed by atoms with van der Waals surface area (Å²) in [6.45, 7) is 0. The first-order valence-electron chi connectivity index (χ1n) is 13.6. The van der Waals surface area contributed by atoms with E-state index in [-0.39, 0.29) is 0 Å². The molecule has 41 heavy (non-hydrogen) atoms. The smallest absolute Gasteiger partial charge is 0.227 e. The molecule has 8 rings (SSSR count). The number of hydrogen-bond acceptors (Lipinski definition) is 4. The van der Waals surface area contributed by atoms with E-state index in [0.717, 1.165) is 55.6 Å². The highest BCUT2D eigenvalue weighted by molar-refractivity contribution is 6.20. The number of oxazole rings is 1. The Morgan fingerprint density at radius 1 is 0.488 bits per heavy atom. The summed E-state index contributed by atoms with van der Waals surface area (Å²) in [5.41, 5.74) is 9.22. The number of benzene rings is 6. The minimum Gasteiger partial charge on any atom is -0.456 e. The summed E-state index contributed by atoms with van der Waals surface area (Å²) in [4.78, 5) is 7.19. The van der Waals surface area contributed by atoms with Crippen molar-refractivity contribution < 1.29 is 8.83 Å². The predicted molar refractivity (Wildman–Crippen MR) is 167 cm³/mol. The average Bonchev–Trinajstić information content (AvgIpc) is 3.64. The molecule has 0 radical (unpaired) electrons. The van der Waals surface area contributed by atoms with Gasteiger partial charge in [0.15, 0.2) is 5.58 Å². The van der Waals surface area contributed by atoms with Gasteiger partial charge in [-0.15, -0.1) is 0 Å². The molecule has 0 fully saturated rings. The van der Waals surface area contributed by atoms with Crippen molar-refractivity contribution in [3.63, 3.8) is 0 Å². The van der Waals surface area contributed by atoms with Gasteiger partial charge < -0.3 is 13.7 Å². The van der Waals surface area contributed by atoms with Gasteiger partial charge in [-0.05, 0) is 53.6 Å². The number of nitrogens with zero attached hydrogens (tertiary/aromatic N) is 2. The zero-order valence-electron chi connectivity index (χ0n) is 22.1. The molecule has 4 nitrogen and oxygen atoms in total. The number of fused-ring (bicyclic) bond motifs is 4. The van der Waals surface area contributed by atoms with Crippen molar-refractivity contribution in [1.29, 1.82) is 0 Å². The number of aromatic nitrogens is 1. The molecule has 0 atom stereocenters. The van der Waals surface area contributed by atoms with E-state index in [9.17, 15) is 0 Å². The second-order valence-corrected chi connectivity index (χ2v) is 10.0. The van der Waals surface area contributed by atoms with Gasteiger partial charge in [-0.1, -0.05) is 97.1 Å². The van der Waals surface area contributed by atoms with E-state index in [0.29, 0.717) is 11.5 Å². The van der Waals surface area contributed by atoms with Gasteiger partial charge in [0.05, 0.1) is 5.39 Å². The van der Waals surface area contributed by atoms with Crippen LogP contribution in [0.4, 0.5) is 17.1 Å². The fourth-order valence-electron chi connectivity index (χ4n) is 5.58. The van der Waals surface area contributed by atoms with E-state index < -0.39 is 0 Å². The van der Waals surface area contributed by atoms with E-state index in [1.807, 2.05) is 66.7 Å². The monoisotopic (exact) mass is 528 g/mol. The Labute approximate surface area is 236 Å². The summed E-state index contributed by atoms with van der Waals surface area (Å²) in [5.74, 6) is 0.575. The van der Waals surface area contributed by atoms with Crippen LogP contribution in [0.25, 0.3) is 55.6 Å². The van der Waals surface area contributed by atoms with Crippen LogP contribution in [0.3, 0.4) is 0 Å². The summed E-state index contributed by atoms with van der Waals surface area (Å²) in [6, 6.07) is 49.6. The fraction of sp³-hybridized carbons (Fsp3) is 0. The molecule has 2 aromatic heterocycles. The maximum Gasteiger partial charge on any atom is 0.227 e. The van der Waals surface area contributed by atoms with E-state index in [2.05, 4.69) is 83.8 Å². The molecule has 2 heterocycles. The molecule has 8 aromatic rings. The van der Waals surface area contributed by atoms with Gasteiger partial charge in [-0.3, -0.25) is 0 Å². The van der Waals surface area contributed by atoms with Crippen molar-refractivity contribution in [1.82, 2.24) is 4.98 Å². The summed E-state index contributed by atoms with van der Waals surface area (Å²) in [6.07, 6.45) is 0. The largest absolute Gasteiger partial charge is 0.456 e. The molecule has 0 spiro atoms. The van der Waals surface area contributed by atoms with Gasteiger partial charge >= 0.3 is 0 Å². The van der Waals surface area contributed by atoms with Gasteiger partial charge in [-0.25, -0.2) is 4.98 Å². The van der Waals surface area contributed by atoms with Crippen LogP contribution in [0.5, 0.6) is 0 Å². The first kappa shape index (κ1) is 23.3. The third-order valence-electron chi connectivity index (χ3n) is 7.49. The van der Waals surface area contributed by atoms with E-state index in [1.54, 1.807) is 0 Å². The van der Waals surface area contributed by atoms with Crippen molar-refractivity contribution in [2.45, 2.75) is 0 Å². The second kappa shape index (κ2) is 9.54.